The molecule has 138 valence electrons. The minimum atomic E-state index is -0.300. The minimum Gasteiger partial charge on any atom is -0.289 e. The van der Waals surface area contributed by atoms with Crippen LogP contribution < -0.4 is 5.69 Å². The summed E-state index contributed by atoms with van der Waals surface area (Å²) in [5.74, 6) is 0.577. The van der Waals surface area contributed by atoms with Gasteiger partial charge >= 0.3 is 5.69 Å². The van der Waals surface area contributed by atoms with Gasteiger partial charge in [-0.2, -0.15) is 5.10 Å². The molecule has 0 aliphatic rings. The predicted molar refractivity (Wildman–Crippen MR) is 108 cm³/mol. The molecule has 5 nitrogen and oxygen atoms in total. The zero-order valence-corrected chi connectivity index (χ0v) is 15.4. The molecule has 0 spiro atoms. The number of hydrogen-bond donors (Lipinski definition) is 1. The molecule has 28 heavy (non-hydrogen) atoms. The van der Waals surface area contributed by atoms with Crippen LogP contribution in [0.25, 0.3) is 5.69 Å². The Balaban J connectivity index is 1.65. The third-order valence-electron chi connectivity index (χ3n) is 4.78. The van der Waals surface area contributed by atoms with Gasteiger partial charge in [-0.1, -0.05) is 54.6 Å². The van der Waals surface area contributed by atoms with Crippen molar-refractivity contribution in [3.05, 3.63) is 117 Å². The number of aromatic amines is 1. The first kappa shape index (κ1) is 17.7. The summed E-state index contributed by atoms with van der Waals surface area (Å²) in [6, 6.07) is 24.2. The van der Waals surface area contributed by atoms with Crippen molar-refractivity contribution in [3.8, 4) is 5.69 Å². The topological polar surface area (TPSA) is 67.8 Å². The second-order valence-electron chi connectivity index (χ2n) is 6.63. The molecule has 5 heteroatoms. The molecule has 0 unspecified atom stereocenters. The molecule has 0 saturated heterocycles. The second-order valence-corrected chi connectivity index (χ2v) is 6.63. The molecule has 0 bridgehead atoms. The van der Waals surface area contributed by atoms with Gasteiger partial charge in [0.15, 0.2) is 5.78 Å². The van der Waals surface area contributed by atoms with Crippen molar-refractivity contribution in [1.29, 1.82) is 0 Å². The minimum absolute atomic E-state index is 0.0492. The Labute approximate surface area is 162 Å². The molecule has 1 N–H and O–H groups in total. The summed E-state index contributed by atoms with van der Waals surface area (Å²) in [5, 5.41) is 6.72. The van der Waals surface area contributed by atoms with E-state index in [4.69, 9.17) is 0 Å². The van der Waals surface area contributed by atoms with Crippen LogP contribution in [0.15, 0.2) is 83.7 Å². The van der Waals surface area contributed by atoms with Gasteiger partial charge in [0.05, 0.1) is 5.69 Å². The first-order chi connectivity index (χ1) is 13.6. The van der Waals surface area contributed by atoms with Crippen LogP contribution in [-0.4, -0.2) is 20.5 Å². The van der Waals surface area contributed by atoms with E-state index in [1.807, 2.05) is 49.4 Å². The van der Waals surface area contributed by atoms with Crippen LogP contribution in [0.1, 0.15) is 32.9 Å². The molecule has 0 saturated carbocycles. The highest BCUT2D eigenvalue weighted by molar-refractivity contribution is 6.09. The molecule has 3 aromatic carbocycles. The fourth-order valence-electron chi connectivity index (χ4n) is 3.21. The number of aryl methyl sites for hydroxylation is 1. The van der Waals surface area contributed by atoms with Gasteiger partial charge in [0.25, 0.3) is 0 Å². The maximum Gasteiger partial charge on any atom is 0.347 e. The maximum atomic E-state index is 12.6. The first-order valence-electron chi connectivity index (χ1n) is 9.04. The van der Waals surface area contributed by atoms with Crippen LogP contribution in [0.3, 0.4) is 0 Å². The van der Waals surface area contributed by atoms with Crippen molar-refractivity contribution in [2.45, 2.75) is 13.3 Å². The van der Waals surface area contributed by atoms with Gasteiger partial charge in [0, 0.05) is 17.5 Å². The molecule has 4 aromatic rings. The van der Waals surface area contributed by atoms with Crippen molar-refractivity contribution in [1.82, 2.24) is 14.8 Å². The monoisotopic (exact) mass is 369 g/mol. The van der Waals surface area contributed by atoms with Crippen molar-refractivity contribution in [2.24, 2.45) is 0 Å². The smallest absolute Gasteiger partial charge is 0.289 e. The third kappa shape index (κ3) is 3.42. The summed E-state index contributed by atoms with van der Waals surface area (Å²) < 4.78 is 1.54. The van der Waals surface area contributed by atoms with Crippen LogP contribution in [0.4, 0.5) is 0 Å². The Morgan fingerprint density at radius 3 is 2.25 bits per heavy atom. The van der Waals surface area contributed by atoms with Gasteiger partial charge in [-0.15, -0.1) is 0 Å². The third-order valence-corrected chi connectivity index (χ3v) is 4.78. The van der Waals surface area contributed by atoms with Gasteiger partial charge in [-0.3, -0.25) is 4.79 Å². The molecule has 1 aromatic heterocycles. The van der Waals surface area contributed by atoms with E-state index in [0.29, 0.717) is 29.1 Å². The number of carbonyl (C=O) groups excluding carboxylic acids is 1. The van der Waals surface area contributed by atoms with E-state index in [0.717, 1.165) is 11.1 Å². The summed E-state index contributed by atoms with van der Waals surface area (Å²) in [4.78, 5) is 24.9. The number of rotatable bonds is 5. The Morgan fingerprint density at radius 2 is 1.54 bits per heavy atom. The van der Waals surface area contributed by atoms with Crippen molar-refractivity contribution in [3.63, 3.8) is 0 Å². The average molecular weight is 369 g/mol. The van der Waals surface area contributed by atoms with E-state index in [1.54, 1.807) is 41.0 Å². The summed E-state index contributed by atoms with van der Waals surface area (Å²) in [6.45, 7) is 2.04. The van der Waals surface area contributed by atoms with Crippen molar-refractivity contribution < 1.29 is 4.79 Å². The number of benzene rings is 3. The largest absolute Gasteiger partial charge is 0.347 e. The Kier molecular flexibility index (Phi) is 4.72. The summed E-state index contributed by atoms with van der Waals surface area (Å²) in [6.07, 6.45) is 0.538. The molecule has 0 atom stereocenters. The lowest BCUT2D eigenvalue weighted by molar-refractivity contribution is 0.103. The lowest BCUT2D eigenvalue weighted by atomic mass is 10.0. The first-order valence-corrected chi connectivity index (χ1v) is 9.04. The Hall–Kier alpha value is -3.73. The standard InChI is InChI=1S/C23H19N3O2/c1-16-7-5-6-10-19(16)15-21-24-25-23(28)26(21)20-13-11-18(12-14-20)22(27)17-8-3-2-4-9-17/h2-14H,15H2,1H3,(H,25,28). The van der Waals surface area contributed by atoms with E-state index >= 15 is 0 Å². The number of aromatic nitrogens is 3. The van der Waals surface area contributed by atoms with Crippen LogP contribution in [0, 0.1) is 6.92 Å². The second kappa shape index (κ2) is 7.48. The van der Waals surface area contributed by atoms with E-state index in [9.17, 15) is 9.59 Å². The van der Waals surface area contributed by atoms with E-state index in [1.165, 1.54) is 0 Å². The average Bonchev–Trinajstić information content (AvgIpc) is 3.10. The molecule has 0 radical (unpaired) electrons. The number of hydrogen-bond acceptors (Lipinski definition) is 3. The lowest BCUT2D eigenvalue weighted by Crippen LogP contribution is -2.17. The van der Waals surface area contributed by atoms with Crippen LogP contribution in [0.2, 0.25) is 0 Å². The van der Waals surface area contributed by atoms with Gasteiger partial charge in [0.1, 0.15) is 5.82 Å². The number of H-pyrrole nitrogens is 1. The number of carbonyl (C=O) groups is 1. The fourth-order valence-corrected chi connectivity index (χ4v) is 3.21. The van der Waals surface area contributed by atoms with Crippen LogP contribution in [-0.2, 0) is 6.42 Å². The molecule has 0 aliphatic carbocycles. The lowest BCUT2D eigenvalue weighted by Gasteiger charge is -2.09. The van der Waals surface area contributed by atoms with Crippen molar-refractivity contribution in [2.75, 3.05) is 0 Å². The predicted octanol–water partition coefficient (Wildman–Crippen LogP) is 3.69. The highest BCUT2D eigenvalue weighted by Crippen LogP contribution is 2.16. The van der Waals surface area contributed by atoms with Gasteiger partial charge in [-0.25, -0.2) is 14.5 Å². The zero-order chi connectivity index (χ0) is 19.5. The van der Waals surface area contributed by atoms with Crippen LogP contribution >= 0.6 is 0 Å². The highest BCUT2D eigenvalue weighted by atomic mass is 16.1. The van der Waals surface area contributed by atoms with Gasteiger partial charge in [-0.05, 0) is 42.3 Å². The molecule has 0 amide bonds. The number of nitrogens with one attached hydrogen (secondary N) is 1. The summed E-state index contributed by atoms with van der Waals surface area (Å²) >= 11 is 0. The zero-order valence-electron chi connectivity index (χ0n) is 15.4. The molecule has 0 aliphatic heterocycles. The van der Waals surface area contributed by atoms with Crippen LogP contribution in [0.5, 0.6) is 0 Å². The summed E-state index contributed by atoms with van der Waals surface area (Å²) in [7, 11) is 0. The molecular weight excluding hydrogens is 350 g/mol. The molecular formula is C23H19N3O2. The van der Waals surface area contributed by atoms with E-state index in [-0.39, 0.29) is 11.5 Å². The molecule has 4 rings (SSSR count). The van der Waals surface area contributed by atoms with E-state index < -0.39 is 0 Å². The maximum absolute atomic E-state index is 12.6. The molecule has 1 heterocycles. The Bertz CT molecular complexity index is 1170. The number of nitrogens with zero attached hydrogens (tertiary/aromatic N) is 2. The normalized spacial score (nSPS) is 10.8. The van der Waals surface area contributed by atoms with Gasteiger partial charge in [0.2, 0.25) is 0 Å². The van der Waals surface area contributed by atoms with Crippen molar-refractivity contribution >= 4 is 5.78 Å². The Morgan fingerprint density at radius 1 is 0.893 bits per heavy atom. The quantitative estimate of drug-likeness (QED) is 0.546. The fraction of sp³-hybridized carbons (Fsp3) is 0.0870. The SMILES string of the molecule is Cc1ccccc1Cc1n[nH]c(=O)n1-c1ccc(C(=O)c2ccccc2)cc1. The summed E-state index contributed by atoms with van der Waals surface area (Å²) in [5.41, 5.74) is 3.84. The molecule has 0 fully saturated rings. The highest BCUT2D eigenvalue weighted by Gasteiger charge is 2.14. The van der Waals surface area contributed by atoms with E-state index in [2.05, 4.69) is 10.2 Å². The van der Waals surface area contributed by atoms with Gasteiger partial charge < -0.3 is 0 Å². The number of ketones is 1.